The van der Waals surface area contributed by atoms with Crippen molar-refractivity contribution < 1.29 is 0 Å². The first kappa shape index (κ1) is 12.9. The lowest BCUT2D eigenvalue weighted by molar-refractivity contribution is 1.02. The average molecular weight is 285 g/mol. The third-order valence-corrected chi connectivity index (χ3v) is 3.74. The van der Waals surface area contributed by atoms with Crippen LogP contribution < -0.4 is 5.32 Å². The number of fused-ring (bicyclic) bond motifs is 1. The fourth-order valence-electron chi connectivity index (χ4n) is 2.12. The molecule has 0 aliphatic carbocycles. The van der Waals surface area contributed by atoms with Crippen molar-refractivity contribution in [1.29, 1.82) is 0 Å². The monoisotopic (exact) mass is 285 g/mol. The fourth-order valence-corrected chi connectivity index (χ4v) is 2.66. The van der Waals surface area contributed by atoms with Crippen molar-refractivity contribution in [2.24, 2.45) is 0 Å². The van der Waals surface area contributed by atoms with E-state index in [2.05, 4.69) is 56.7 Å². The first-order valence-electron chi connectivity index (χ1n) is 6.30. The highest BCUT2D eigenvalue weighted by atomic mass is 32.2. The van der Waals surface area contributed by atoms with Crippen molar-refractivity contribution in [2.45, 2.75) is 18.5 Å². The van der Waals surface area contributed by atoms with Crippen LogP contribution in [0.15, 0.2) is 35.6 Å². The maximum Gasteiger partial charge on any atom is 0.161 e. The summed E-state index contributed by atoms with van der Waals surface area (Å²) in [4.78, 5) is 8.53. The largest absolute Gasteiger partial charge is 0.365 e. The number of H-pyrrole nitrogens is 1. The number of nitrogens with zero attached hydrogens (tertiary/aromatic N) is 3. The predicted octanol–water partition coefficient (Wildman–Crippen LogP) is 3.00. The molecule has 3 aromatic rings. The molecule has 0 aliphatic rings. The van der Waals surface area contributed by atoms with Crippen molar-refractivity contribution in [2.75, 3.05) is 11.6 Å². The van der Waals surface area contributed by atoms with Crippen LogP contribution in [0.5, 0.6) is 0 Å². The van der Waals surface area contributed by atoms with Crippen LogP contribution in [0.25, 0.3) is 11.0 Å². The van der Waals surface area contributed by atoms with Gasteiger partial charge in [0.15, 0.2) is 5.65 Å². The van der Waals surface area contributed by atoms with E-state index in [1.54, 1.807) is 18.1 Å². The minimum atomic E-state index is 0.729. The van der Waals surface area contributed by atoms with Gasteiger partial charge < -0.3 is 5.32 Å². The van der Waals surface area contributed by atoms with Crippen molar-refractivity contribution in [3.05, 3.63) is 41.7 Å². The summed E-state index contributed by atoms with van der Waals surface area (Å²) >= 11 is 1.58. The molecule has 6 heteroatoms. The van der Waals surface area contributed by atoms with Crippen LogP contribution in [0, 0.1) is 6.92 Å². The molecule has 2 N–H and O–H groups in total. The summed E-state index contributed by atoms with van der Waals surface area (Å²) < 4.78 is 0. The zero-order valence-electron chi connectivity index (χ0n) is 11.3. The fraction of sp³-hybridized carbons (Fsp3) is 0.214. The van der Waals surface area contributed by atoms with Crippen molar-refractivity contribution in [3.8, 4) is 0 Å². The normalized spacial score (nSPS) is 10.9. The Morgan fingerprint density at radius 1 is 1.30 bits per heavy atom. The first-order chi connectivity index (χ1) is 9.78. The van der Waals surface area contributed by atoms with E-state index in [0.29, 0.717) is 0 Å². The molecule has 0 amide bonds. The molecule has 0 fully saturated rings. The number of aromatic nitrogens is 4. The maximum atomic E-state index is 4.33. The molecule has 5 nitrogen and oxygen atoms in total. The predicted molar refractivity (Wildman–Crippen MR) is 82.0 cm³/mol. The number of rotatable bonds is 4. The van der Waals surface area contributed by atoms with Crippen molar-refractivity contribution in [1.82, 2.24) is 20.2 Å². The summed E-state index contributed by atoms with van der Waals surface area (Å²) in [5.74, 6) is 0.814. The van der Waals surface area contributed by atoms with E-state index < -0.39 is 0 Å². The Hall–Kier alpha value is -2.08. The van der Waals surface area contributed by atoms with Crippen LogP contribution in [-0.2, 0) is 6.54 Å². The third kappa shape index (κ3) is 2.46. The van der Waals surface area contributed by atoms with E-state index in [1.165, 1.54) is 11.1 Å². The highest BCUT2D eigenvalue weighted by molar-refractivity contribution is 7.98. The second-order valence-electron chi connectivity index (χ2n) is 4.52. The van der Waals surface area contributed by atoms with Gasteiger partial charge in [-0.1, -0.05) is 29.8 Å². The highest BCUT2D eigenvalue weighted by Crippen LogP contribution is 2.27. The van der Waals surface area contributed by atoms with Crippen LogP contribution in [-0.4, -0.2) is 26.4 Å². The van der Waals surface area contributed by atoms with E-state index in [1.807, 2.05) is 6.26 Å². The number of nitrogens with one attached hydrogen (secondary N) is 2. The summed E-state index contributed by atoms with van der Waals surface area (Å²) in [6.45, 7) is 2.82. The molecule has 0 saturated heterocycles. The summed E-state index contributed by atoms with van der Waals surface area (Å²) in [5.41, 5.74) is 3.24. The van der Waals surface area contributed by atoms with E-state index in [-0.39, 0.29) is 0 Å². The Labute approximate surface area is 121 Å². The van der Waals surface area contributed by atoms with Gasteiger partial charge in [-0.15, -0.1) is 11.8 Å². The number of hydrogen-bond donors (Lipinski definition) is 2. The van der Waals surface area contributed by atoms with E-state index in [9.17, 15) is 0 Å². The number of benzene rings is 1. The summed E-state index contributed by atoms with van der Waals surface area (Å²) in [6.07, 6.45) is 3.54. The summed E-state index contributed by atoms with van der Waals surface area (Å²) in [6, 6.07) is 8.42. The topological polar surface area (TPSA) is 66.5 Å². The minimum Gasteiger partial charge on any atom is -0.365 e. The van der Waals surface area contributed by atoms with Crippen LogP contribution in [0.4, 0.5) is 5.82 Å². The Kier molecular flexibility index (Phi) is 3.56. The molecule has 0 aliphatic heterocycles. The zero-order chi connectivity index (χ0) is 13.9. The third-order valence-electron chi connectivity index (χ3n) is 3.06. The Morgan fingerprint density at radius 3 is 3.00 bits per heavy atom. The quantitative estimate of drug-likeness (QED) is 0.721. The van der Waals surface area contributed by atoms with Gasteiger partial charge in [0.1, 0.15) is 17.2 Å². The lowest BCUT2D eigenvalue weighted by Gasteiger charge is -2.07. The van der Waals surface area contributed by atoms with Crippen LogP contribution in [0.1, 0.15) is 11.1 Å². The molecule has 0 bridgehead atoms. The molecule has 2 heterocycles. The molecule has 0 spiro atoms. The standard InChI is InChI=1S/C14H15N5S/c1-9-4-3-5-10(6-9)7-15-12-11-13(17-8-16-12)18-19-14(11)20-2/h3-6,8H,7H2,1-2H3,(H2,15,16,17,18,19). The number of hydrogen-bond acceptors (Lipinski definition) is 5. The summed E-state index contributed by atoms with van der Waals surface area (Å²) in [7, 11) is 0. The van der Waals surface area contributed by atoms with Gasteiger partial charge in [0.2, 0.25) is 0 Å². The molecule has 20 heavy (non-hydrogen) atoms. The Morgan fingerprint density at radius 2 is 2.20 bits per heavy atom. The van der Waals surface area contributed by atoms with Gasteiger partial charge in [-0.05, 0) is 18.7 Å². The Balaban J connectivity index is 1.89. The van der Waals surface area contributed by atoms with Crippen LogP contribution in [0.3, 0.4) is 0 Å². The molecule has 3 rings (SSSR count). The lowest BCUT2D eigenvalue weighted by atomic mass is 10.1. The molecular weight excluding hydrogens is 270 g/mol. The minimum absolute atomic E-state index is 0.729. The molecule has 0 unspecified atom stereocenters. The van der Waals surface area contributed by atoms with Gasteiger partial charge in [-0.25, -0.2) is 9.97 Å². The molecule has 0 radical (unpaired) electrons. The average Bonchev–Trinajstić information content (AvgIpc) is 2.89. The van der Waals surface area contributed by atoms with E-state index in [4.69, 9.17) is 0 Å². The maximum absolute atomic E-state index is 4.33. The second kappa shape index (κ2) is 5.50. The molecular formula is C14H15N5S. The second-order valence-corrected chi connectivity index (χ2v) is 5.32. The molecule has 102 valence electrons. The number of aryl methyl sites for hydroxylation is 1. The van der Waals surface area contributed by atoms with Gasteiger partial charge in [-0.3, -0.25) is 5.10 Å². The van der Waals surface area contributed by atoms with Crippen LogP contribution in [0.2, 0.25) is 0 Å². The Bertz CT molecular complexity index is 737. The molecule has 2 aromatic heterocycles. The van der Waals surface area contributed by atoms with E-state index >= 15 is 0 Å². The van der Waals surface area contributed by atoms with Crippen molar-refractivity contribution in [3.63, 3.8) is 0 Å². The SMILES string of the molecule is CSc1n[nH]c2ncnc(NCc3cccc(C)c3)c12. The van der Waals surface area contributed by atoms with Gasteiger partial charge in [0.05, 0.1) is 5.39 Å². The lowest BCUT2D eigenvalue weighted by Crippen LogP contribution is -2.02. The van der Waals surface area contributed by atoms with Crippen LogP contribution >= 0.6 is 11.8 Å². The molecule has 1 aromatic carbocycles. The number of thioether (sulfide) groups is 1. The smallest absolute Gasteiger partial charge is 0.161 e. The van der Waals surface area contributed by atoms with Gasteiger partial charge >= 0.3 is 0 Å². The zero-order valence-corrected chi connectivity index (χ0v) is 12.2. The van der Waals surface area contributed by atoms with Gasteiger partial charge in [-0.2, -0.15) is 5.10 Å². The molecule has 0 saturated carbocycles. The van der Waals surface area contributed by atoms with Gasteiger partial charge in [0, 0.05) is 6.54 Å². The van der Waals surface area contributed by atoms with E-state index in [0.717, 1.165) is 28.4 Å². The highest BCUT2D eigenvalue weighted by Gasteiger charge is 2.11. The molecule has 0 atom stereocenters. The first-order valence-corrected chi connectivity index (χ1v) is 7.53. The summed E-state index contributed by atoms with van der Waals surface area (Å²) in [5, 5.41) is 12.4. The van der Waals surface area contributed by atoms with Crippen molar-refractivity contribution >= 4 is 28.6 Å². The van der Waals surface area contributed by atoms with Gasteiger partial charge in [0.25, 0.3) is 0 Å². The number of anilines is 1. The number of aromatic amines is 1.